The van der Waals surface area contributed by atoms with Crippen LogP contribution in [0.1, 0.15) is 81.3 Å². The Hall–Kier alpha value is -2.55. The molecule has 5 rings (SSSR count). The van der Waals surface area contributed by atoms with Gasteiger partial charge in [0.15, 0.2) is 0 Å². The van der Waals surface area contributed by atoms with Gasteiger partial charge in [0.2, 0.25) is 10.0 Å². The number of carbonyl (C=O) groups is 1. The van der Waals surface area contributed by atoms with Crippen LogP contribution in [0.2, 0.25) is 5.02 Å². The molecule has 7 nitrogen and oxygen atoms in total. The average Bonchev–Trinajstić information content (AvgIpc) is 2.97. The van der Waals surface area contributed by atoms with Crippen LogP contribution in [0.4, 0.5) is 5.69 Å². The highest BCUT2D eigenvalue weighted by Gasteiger charge is 2.47. The molecule has 2 aliphatic heterocycles. The van der Waals surface area contributed by atoms with E-state index in [0.717, 1.165) is 49.9 Å². The summed E-state index contributed by atoms with van der Waals surface area (Å²) >= 11 is 6.32. The fourth-order valence-electron chi connectivity index (χ4n) is 6.75. The standard InChI is InChI=1S/C34H45ClN2O5S/c1-22(2)34(39)16-7-8-23(3)24(4)43(40,41)36-33(38)26-12-15-32-31(19-26)37(20-27-11-14-30(27)34)17-6-5-9-25-18-29(35)13-10-28(25)21-42-32/h7,10,12-13,15-16,18-19,22-24,27,30,39H,5-6,8-9,11,14,17,20-21H2,1-4H3,(H,36,38)/b16-7+/t23-,24+,27-,30+,34+/m0/s1. The van der Waals surface area contributed by atoms with Crippen molar-refractivity contribution in [1.82, 2.24) is 4.72 Å². The predicted octanol–water partition coefficient (Wildman–Crippen LogP) is 6.52. The maximum Gasteiger partial charge on any atom is 0.264 e. The lowest BCUT2D eigenvalue weighted by atomic mass is 9.61. The van der Waals surface area contributed by atoms with Crippen molar-refractivity contribution in [2.45, 2.75) is 83.7 Å². The molecule has 2 N–H and O–H groups in total. The van der Waals surface area contributed by atoms with E-state index in [1.807, 2.05) is 37.3 Å². The van der Waals surface area contributed by atoms with Gasteiger partial charge in [0, 0.05) is 23.7 Å². The molecule has 2 bridgehead atoms. The monoisotopic (exact) mass is 628 g/mol. The van der Waals surface area contributed by atoms with Gasteiger partial charge in [-0.15, -0.1) is 0 Å². The summed E-state index contributed by atoms with van der Waals surface area (Å²) < 4.78 is 35.3. The van der Waals surface area contributed by atoms with E-state index >= 15 is 0 Å². The number of halogens is 1. The fraction of sp³-hybridized carbons (Fsp3) is 0.559. The van der Waals surface area contributed by atoms with E-state index in [0.29, 0.717) is 30.3 Å². The molecule has 2 heterocycles. The largest absolute Gasteiger partial charge is 0.487 e. The van der Waals surface area contributed by atoms with Gasteiger partial charge < -0.3 is 14.7 Å². The van der Waals surface area contributed by atoms with Gasteiger partial charge >= 0.3 is 0 Å². The zero-order valence-electron chi connectivity index (χ0n) is 25.7. The zero-order chi connectivity index (χ0) is 30.9. The molecule has 43 heavy (non-hydrogen) atoms. The third kappa shape index (κ3) is 6.76. The van der Waals surface area contributed by atoms with Crippen LogP contribution in [0.3, 0.4) is 0 Å². The van der Waals surface area contributed by atoms with Crippen LogP contribution in [-0.2, 0) is 23.1 Å². The molecule has 234 valence electrons. The first-order valence-electron chi connectivity index (χ1n) is 15.6. The van der Waals surface area contributed by atoms with E-state index in [4.69, 9.17) is 16.3 Å². The van der Waals surface area contributed by atoms with Gasteiger partial charge in [0.1, 0.15) is 12.4 Å². The highest BCUT2D eigenvalue weighted by molar-refractivity contribution is 7.90. The summed E-state index contributed by atoms with van der Waals surface area (Å²) in [7, 11) is -3.94. The third-order valence-corrected chi connectivity index (χ3v) is 12.2. The number of hydrogen-bond donors (Lipinski definition) is 2. The van der Waals surface area contributed by atoms with Crippen molar-refractivity contribution in [3.05, 3.63) is 70.3 Å². The lowest BCUT2D eigenvalue weighted by Gasteiger charge is -2.50. The number of nitrogens with one attached hydrogen (secondary N) is 1. The molecule has 2 aromatic rings. The summed E-state index contributed by atoms with van der Waals surface area (Å²) in [5.41, 5.74) is 2.29. The number of benzene rings is 2. The molecule has 1 aliphatic carbocycles. The van der Waals surface area contributed by atoms with Crippen molar-refractivity contribution in [2.24, 2.45) is 23.7 Å². The topological polar surface area (TPSA) is 95.9 Å². The number of amides is 1. The van der Waals surface area contributed by atoms with Crippen LogP contribution in [0.25, 0.3) is 0 Å². The summed E-state index contributed by atoms with van der Waals surface area (Å²) in [4.78, 5) is 15.6. The lowest BCUT2D eigenvalue weighted by Crippen LogP contribution is -2.52. The number of aliphatic hydroxyl groups is 1. The Bertz CT molecular complexity index is 1480. The van der Waals surface area contributed by atoms with Crippen LogP contribution < -0.4 is 14.4 Å². The summed E-state index contributed by atoms with van der Waals surface area (Å²) in [6.45, 7) is 9.40. The van der Waals surface area contributed by atoms with Crippen molar-refractivity contribution in [3.8, 4) is 5.75 Å². The number of carbonyl (C=O) groups excluding carboxylic acids is 1. The van der Waals surface area contributed by atoms with E-state index in [2.05, 4.69) is 23.5 Å². The van der Waals surface area contributed by atoms with Gasteiger partial charge in [0.05, 0.1) is 16.5 Å². The Morgan fingerprint density at radius 2 is 1.88 bits per heavy atom. The molecule has 1 amide bonds. The number of hydrogen-bond acceptors (Lipinski definition) is 6. The Morgan fingerprint density at radius 1 is 1.09 bits per heavy atom. The number of fused-ring (bicyclic) bond motifs is 3. The molecule has 5 atom stereocenters. The minimum absolute atomic E-state index is 0.00120. The average molecular weight is 629 g/mol. The maximum absolute atomic E-state index is 13.4. The van der Waals surface area contributed by atoms with Crippen molar-refractivity contribution in [1.29, 1.82) is 0 Å². The molecule has 1 fully saturated rings. The first-order valence-corrected chi connectivity index (χ1v) is 17.6. The number of anilines is 1. The SMILES string of the molecule is CC(C)[C@]1(O)/C=C/C[C@H](C)[C@@H](C)S(=O)(=O)NC(=O)c2ccc3c(c2)N(CCCCc2cc(Cl)ccc2CO3)C[C@@H]2CC[C@H]21. The normalized spacial score (nSPS) is 30.5. The van der Waals surface area contributed by atoms with Crippen molar-refractivity contribution in [2.75, 3.05) is 18.0 Å². The molecule has 0 aromatic heterocycles. The van der Waals surface area contributed by atoms with Crippen LogP contribution in [0, 0.1) is 23.7 Å². The Balaban J connectivity index is 1.58. The minimum atomic E-state index is -3.94. The van der Waals surface area contributed by atoms with Crippen molar-refractivity contribution in [3.63, 3.8) is 0 Å². The summed E-state index contributed by atoms with van der Waals surface area (Å²) in [6, 6.07) is 11.1. The smallest absolute Gasteiger partial charge is 0.264 e. The minimum Gasteiger partial charge on any atom is -0.487 e. The zero-order valence-corrected chi connectivity index (χ0v) is 27.3. The van der Waals surface area contributed by atoms with E-state index in [-0.39, 0.29) is 29.2 Å². The van der Waals surface area contributed by atoms with Crippen molar-refractivity contribution >= 4 is 33.2 Å². The number of allylic oxidation sites excluding steroid dienone is 1. The first-order chi connectivity index (χ1) is 20.4. The number of ether oxygens (including phenoxy) is 1. The number of sulfonamides is 1. The van der Waals surface area contributed by atoms with Gasteiger partial charge in [-0.25, -0.2) is 13.1 Å². The van der Waals surface area contributed by atoms with E-state index < -0.39 is 26.8 Å². The van der Waals surface area contributed by atoms with E-state index in [9.17, 15) is 18.3 Å². The highest BCUT2D eigenvalue weighted by Crippen LogP contribution is 2.47. The molecule has 0 radical (unpaired) electrons. The van der Waals surface area contributed by atoms with Gasteiger partial charge in [-0.1, -0.05) is 50.6 Å². The maximum atomic E-state index is 13.4. The number of aryl methyl sites for hydroxylation is 1. The second kappa shape index (κ2) is 12.8. The number of nitrogens with zero attached hydrogens (tertiary/aromatic N) is 1. The molecule has 0 saturated heterocycles. The third-order valence-electron chi connectivity index (χ3n) is 10.0. The molecular weight excluding hydrogens is 584 g/mol. The summed E-state index contributed by atoms with van der Waals surface area (Å²) in [5, 5.41) is 11.9. The lowest BCUT2D eigenvalue weighted by molar-refractivity contribution is -0.0756. The quantitative estimate of drug-likeness (QED) is 0.349. The van der Waals surface area contributed by atoms with Crippen LogP contribution in [-0.4, -0.2) is 43.4 Å². The second-order valence-corrected chi connectivity index (χ2v) is 15.5. The van der Waals surface area contributed by atoms with Gasteiger partial charge in [-0.05, 0) is 111 Å². The van der Waals surface area contributed by atoms with Gasteiger partial charge in [0.25, 0.3) is 5.91 Å². The van der Waals surface area contributed by atoms with Crippen LogP contribution in [0.5, 0.6) is 5.75 Å². The van der Waals surface area contributed by atoms with Gasteiger partial charge in [-0.3, -0.25) is 4.79 Å². The summed E-state index contributed by atoms with van der Waals surface area (Å²) in [6.07, 6.45) is 9.03. The van der Waals surface area contributed by atoms with Crippen molar-refractivity contribution < 1.29 is 23.1 Å². The highest BCUT2D eigenvalue weighted by atomic mass is 35.5. The fourth-order valence-corrected chi connectivity index (χ4v) is 8.23. The second-order valence-electron chi connectivity index (χ2n) is 13.1. The molecule has 3 aliphatic rings. The van der Waals surface area contributed by atoms with E-state index in [1.165, 1.54) is 5.56 Å². The predicted molar refractivity (Wildman–Crippen MR) is 172 cm³/mol. The van der Waals surface area contributed by atoms with Gasteiger partial charge in [-0.2, -0.15) is 0 Å². The first kappa shape index (κ1) is 31.9. The van der Waals surface area contributed by atoms with Crippen LogP contribution >= 0.6 is 11.6 Å². The molecule has 0 unspecified atom stereocenters. The summed E-state index contributed by atoms with van der Waals surface area (Å²) in [5.74, 6) is 0.0785. The molecule has 1 saturated carbocycles. The van der Waals surface area contributed by atoms with E-state index in [1.54, 1.807) is 25.1 Å². The Morgan fingerprint density at radius 3 is 2.60 bits per heavy atom. The molecule has 2 aromatic carbocycles. The Labute approximate surface area is 261 Å². The molecular formula is C34H45ClN2O5S. The molecule has 9 heteroatoms. The Kier molecular flexibility index (Phi) is 9.50. The molecule has 0 spiro atoms. The number of rotatable bonds is 1. The van der Waals surface area contributed by atoms with Crippen LogP contribution in [0.15, 0.2) is 48.6 Å².